The summed E-state index contributed by atoms with van der Waals surface area (Å²) in [4.78, 5) is 7.06. The van der Waals surface area contributed by atoms with Gasteiger partial charge in [0, 0.05) is 31.7 Å². The summed E-state index contributed by atoms with van der Waals surface area (Å²) in [5.74, 6) is 1.53. The van der Waals surface area contributed by atoms with Crippen molar-refractivity contribution in [2.45, 2.75) is 26.0 Å². The summed E-state index contributed by atoms with van der Waals surface area (Å²) in [6.07, 6.45) is 0. The van der Waals surface area contributed by atoms with Crippen LogP contribution in [-0.4, -0.2) is 68.5 Å². The lowest BCUT2D eigenvalue weighted by Crippen LogP contribution is -2.44. The molecule has 0 spiro atoms. The van der Waals surface area contributed by atoms with E-state index in [9.17, 15) is 5.11 Å². The number of ether oxygens (including phenoxy) is 2. The van der Waals surface area contributed by atoms with Crippen LogP contribution in [0.15, 0.2) is 46.1 Å². The van der Waals surface area contributed by atoms with E-state index in [0.717, 1.165) is 56.3 Å². The molecular weight excluding hydrogens is 412 g/mol. The summed E-state index contributed by atoms with van der Waals surface area (Å²) in [6, 6.07) is 9.96. The number of morpholine rings is 1. The molecule has 2 aromatic rings. The number of para-hydroxylation sites is 1. The molecule has 1 atom stereocenters. The highest BCUT2D eigenvalue weighted by molar-refractivity contribution is 7.08. The van der Waals surface area contributed by atoms with Gasteiger partial charge in [-0.3, -0.25) is 4.90 Å². The molecule has 0 radical (unpaired) electrons. The molecule has 170 valence electrons. The van der Waals surface area contributed by atoms with Crippen molar-refractivity contribution >= 4 is 17.3 Å². The molecule has 1 saturated heterocycles. The third-order valence-electron chi connectivity index (χ3n) is 5.24. The minimum absolute atomic E-state index is 0.368. The molecule has 0 amide bonds. The van der Waals surface area contributed by atoms with Crippen LogP contribution in [0.25, 0.3) is 0 Å². The Morgan fingerprint density at radius 1 is 1.26 bits per heavy atom. The minimum Gasteiger partial charge on any atom is -0.492 e. The number of guanidine groups is 1. The molecular formula is C23H34N4O3S. The van der Waals surface area contributed by atoms with E-state index < -0.39 is 5.60 Å². The fourth-order valence-electron chi connectivity index (χ4n) is 3.32. The average molecular weight is 447 g/mol. The number of aliphatic imine (C=N–C) groups is 1. The monoisotopic (exact) mass is 446 g/mol. The van der Waals surface area contributed by atoms with Crippen molar-refractivity contribution in [2.24, 2.45) is 4.99 Å². The minimum atomic E-state index is -0.962. The predicted molar refractivity (Wildman–Crippen MR) is 126 cm³/mol. The highest BCUT2D eigenvalue weighted by Crippen LogP contribution is 2.22. The van der Waals surface area contributed by atoms with Gasteiger partial charge in [0.25, 0.3) is 0 Å². The van der Waals surface area contributed by atoms with Crippen LogP contribution in [0.4, 0.5) is 0 Å². The molecule has 0 bridgehead atoms. The first-order chi connectivity index (χ1) is 15.1. The summed E-state index contributed by atoms with van der Waals surface area (Å²) < 4.78 is 11.5. The Morgan fingerprint density at radius 2 is 2.06 bits per heavy atom. The molecule has 1 unspecified atom stereocenters. The number of hydrogen-bond donors (Lipinski definition) is 3. The van der Waals surface area contributed by atoms with E-state index in [1.54, 1.807) is 11.3 Å². The van der Waals surface area contributed by atoms with Gasteiger partial charge in [-0.1, -0.05) is 18.2 Å². The Kier molecular flexibility index (Phi) is 9.14. The van der Waals surface area contributed by atoms with Crippen molar-refractivity contribution in [2.75, 3.05) is 52.5 Å². The van der Waals surface area contributed by atoms with Crippen molar-refractivity contribution in [3.63, 3.8) is 0 Å². The predicted octanol–water partition coefficient (Wildman–Crippen LogP) is 2.42. The van der Waals surface area contributed by atoms with Crippen LogP contribution >= 0.6 is 11.3 Å². The van der Waals surface area contributed by atoms with E-state index in [4.69, 9.17) is 14.5 Å². The normalized spacial score (nSPS) is 17.2. The first-order valence-electron chi connectivity index (χ1n) is 10.9. The Hall–Kier alpha value is -2.13. The van der Waals surface area contributed by atoms with Crippen molar-refractivity contribution in [3.05, 3.63) is 52.2 Å². The molecule has 0 saturated carbocycles. The van der Waals surface area contributed by atoms with Gasteiger partial charge in [0.05, 0.1) is 26.3 Å². The van der Waals surface area contributed by atoms with Crippen LogP contribution < -0.4 is 15.4 Å². The van der Waals surface area contributed by atoms with Crippen molar-refractivity contribution in [3.8, 4) is 5.75 Å². The molecule has 1 aromatic heterocycles. The zero-order valence-corrected chi connectivity index (χ0v) is 19.3. The van der Waals surface area contributed by atoms with Gasteiger partial charge in [-0.2, -0.15) is 11.3 Å². The van der Waals surface area contributed by atoms with Gasteiger partial charge in [-0.15, -0.1) is 0 Å². The number of hydrogen-bond acceptors (Lipinski definition) is 6. The molecule has 1 aromatic carbocycles. The fourth-order valence-corrected chi connectivity index (χ4v) is 4.10. The first kappa shape index (κ1) is 23.5. The Balaban J connectivity index is 1.56. The van der Waals surface area contributed by atoms with Gasteiger partial charge < -0.3 is 25.2 Å². The lowest BCUT2D eigenvalue weighted by Gasteiger charge is -2.26. The first-order valence-corrected chi connectivity index (χ1v) is 11.8. The summed E-state index contributed by atoms with van der Waals surface area (Å²) in [5.41, 5.74) is 0.975. The summed E-state index contributed by atoms with van der Waals surface area (Å²) in [5, 5.41) is 21.2. The zero-order valence-electron chi connectivity index (χ0n) is 18.5. The standard InChI is InChI=1S/C23H34N4O3S/c1-3-24-22(26-18-23(2,28)20-8-15-31-17-20)25-16-19-6-4-5-7-21(19)30-14-11-27-9-12-29-13-10-27/h4-8,15,17,28H,3,9-14,16,18H2,1-2H3,(H2,24,25,26). The van der Waals surface area contributed by atoms with E-state index in [-0.39, 0.29) is 0 Å². The molecule has 2 heterocycles. The van der Waals surface area contributed by atoms with Gasteiger partial charge in [0.15, 0.2) is 5.96 Å². The largest absolute Gasteiger partial charge is 0.492 e. The fraction of sp³-hybridized carbons (Fsp3) is 0.522. The zero-order chi connectivity index (χ0) is 21.9. The number of nitrogens with zero attached hydrogens (tertiary/aromatic N) is 2. The third-order valence-corrected chi connectivity index (χ3v) is 5.92. The molecule has 31 heavy (non-hydrogen) atoms. The lowest BCUT2D eigenvalue weighted by atomic mass is 9.99. The van der Waals surface area contributed by atoms with Gasteiger partial charge in [-0.25, -0.2) is 4.99 Å². The lowest BCUT2D eigenvalue weighted by molar-refractivity contribution is 0.0322. The van der Waals surface area contributed by atoms with Crippen molar-refractivity contribution in [1.82, 2.24) is 15.5 Å². The van der Waals surface area contributed by atoms with Crippen LogP contribution in [0, 0.1) is 0 Å². The maximum Gasteiger partial charge on any atom is 0.191 e. The molecule has 3 rings (SSSR count). The number of nitrogens with one attached hydrogen (secondary N) is 2. The van der Waals surface area contributed by atoms with E-state index >= 15 is 0 Å². The Morgan fingerprint density at radius 3 is 2.81 bits per heavy atom. The topological polar surface area (TPSA) is 78.4 Å². The van der Waals surface area contributed by atoms with Crippen LogP contribution in [-0.2, 0) is 16.9 Å². The molecule has 8 heteroatoms. The summed E-state index contributed by atoms with van der Waals surface area (Å²) >= 11 is 1.58. The molecule has 1 aliphatic rings. The van der Waals surface area contributed by atoms with E-state index in [1.807, 2.05) is 54.9 Å². The van der Waals surface area contributed by atoms with Crippen LogP contribution in [0.2, 0.25) is 0 Å². The van der Waals surface area contributed by atoms with Crippen molar-refractivity contribution < 1.29 is 14.6 Å². The van der Waals surface area contributed by atoms with E-state index in [0.29, 0.717) is 25.7 Å². The molecule has 1 fully saturated rings. The third kappa shape index (κ3) is 7.50. The van der Waals surface area contributed by atoms with Gasteiger partial charge in [-0.05, 0) is 42.3 Å². The van der Waals surface area contributed by atoms with E-state index in [2.05, 4.69) is 15.5 Å². The maximum absolute atomic E-state index is 10.8. The Bertz CT molecular complexity index is 805. The number of benzene rings is 1. The molecule has 1 aliphatic heterocycles. The maximum atomic E-state index is 10.8. The van der Waals surface area contributed by atoms with Gasteiger partial charge >= 0.3 is 0 Å². The SMILES string of the molecule is CCNC(=NCc1ccccc1OCCN1CCOCC1)NCC(C)(O)c1ccsc1. The van der Waals surface area contributed by atoms with Crippen LogP contribution in [0.1, 0.15) is 25.0 Å². The average Bonchev–Trinajstić information content (AvgIpc) is 3.33. The number of rotatable bonds is 10. The smallest absolute Gasteiger partial charge is 0.191 e. The van der Waals surface area contributed by atoms with Gasteiger partial charge in [0.1, 0.15) is 18.0 Å². The summed E-state index contributed by atoms with van der Waals surface area (Å²) in [6.45, 7) is 10.5. The highest BCUT2D eigenvalue weighted by Gasteiger charge is 2.23. The second-order valence-electron chi connectivity index (χ2n) is 7.74. The van der Waals surface area contributed by atoms with Crippen LogP contribution in [0.5, 0.6) is 5.75 Å². The summed E-state index contributed by atoms with van der Waals surface area (Å²) in [7, 11) is 0. The quantitative estimate of drug-likeness (QED) is 0.384. The highest BCUT2D eigenvalue weighted by atomic mass is 32.1. The van der Waals surface area contributed by atoms with E-state index in [1.165, 1.54) is 0 Å². The van der Waals surface area contributed by atoms with Gasteiger partial charge in [0.2, 0.25) is 0 Å². The second kappa shape index (κ2) is 12.0. The number of thiophene rings is 1. The Labute approximate surface area is 189 Å². The molecule has 7 nitrogen and oxygen atoms in total. The second-order valence-corrected chi connectivity index (χ2v) is 8.52. The number of aliphatic hydroxyl groups is 1. The van der Waals surface area contributed by atoms with Crippen LogP contribution in [0.3, 0.4) is 0 Å². The molecule has 0 aliphatic carbocycles. The van der Waals surface area contributed by atoms with Crippen molar-refractivity contribution in [1.29, 1.82) is 0 Å². The molecule has 3 N–H and O–H groups in total.